The van der Waals surface area contributed by atoms with Crippen LogP contribution < -0.4 is 0 Å². The molecule has 0 N–H and O–H groups in total. The number of allylic oxidation sites excluding steroid dienone is 1. The van der Waals surface area contributed by atoms with Gasteiger partial charge in [0, 0.05) is 12.7 Å². The molecule has 3 aliphatic rings. The van der Waals surface area contributed by atoms with Gasteiger partial charge in [0.15, 0.2) is 11.6 Å². The molecule has 0 spiro atoms. The van der Waals surface area contributed by atoms with Crippen LogP contribution in [0.2, 0.25) is 0 Å². The average Bonchev–Trinajstić information content (AvgIpc) is 3.71. The van der Waals surface area contributed by atoms with Crippen molar-refractivity contribution in [2.75, 3.05) is 13.7 Å². The Labute approximate surface area is 200 Å². The van der Waals surface area contributed by atoms with E-state index in [1.165, 1.54) is 0 Å². The summed E-state index contributed by atoms with van der Waals surface area (Å²) >= 11 is 0. The van der Waals surface area contributed by atoms with Crippen LogP contribution in [0.5, 0.6) is 0 Å². The fourth-order valence-corrected chi connectivity index (χ4v) is 5.81. The summed E-state index contributed by atoms with van der Waals surface area (Å²) in [6.07, 6.45) is 11.1. The van der Waals surface area contributed by atoms with Gasteiger partial charge in [0.1, 0.15) is 11.9 Å². The molecular formula is C29H33F3O2. The van der Waals surface area contributed by atoms with E-state index in [2.05, 4.69) is 0 Å². The molecule has 2 aliphatic carbocycles. The van der Waals surface area contributed by atoms with Crippen molar-refractivity contribution in [3.63, 3.8) is 0 Å². The van der Waals surface area contributed by atoms with Crippen LogP contribution in [0.4, 0.5) is 13.2 Å². The van der Waals surface area contributed by atoms with Gasteiger partial charge >= 0.3 is 0 Å². The number of halogens is 3. The summed E-state index contributed by atoms with van der Waals surface area (Å²) in [5, 5.41) is 0. The lowest BCUT2D eigenvalue weighted by Gasteiger charge is -2.28. The number of benzene rings is 2. The van der Waals surface area contributed by atoms with Crippen LogP contribution in [0.3, 0.4) is 0 Å². The first kappa shape index (κ1) is 23.6. The van der Waals surface area contributed by atoms with Crippen molar-refractivity contribution in [1.29, 1.82) is 0 Å². The SMILES string of the molecule is COC1CCC(c2ccc(/C=C/C3CCC(c4ccc(C5CO5)cc4F)CC3)c(F)c2F)CC1. The lowest BCUT2D eigenvalue weighted by atomic mass is 9.78. The van der Waals surface area contributed by atoms with Gasteiger partial charge in [-0.15, -0.1) is 0 Å². The molecular weight excluding hydrogens is 437 g/mol. The normalized spacial score (nSPS) is 29.5. The van der Waals surface area contributed by atoms with Gasteiger partial charge in [-0.2, -0.15) is 0 Å². The van der Waals surface area contributed by atoms with Crippen molar-refractivity contribution in [3.05, 3.63) is 76.1 Å². The van der Waals surface area contributed by atoms with Crippen LogP contribution in [-0.4, -0.2) is 19.8 Å². The molecule has 2 aromatic carbocycles. The molecule has 2 aromatic rings. The third-order valence-corrected chi connectivity index (χ3v) is 8.08. The maximum atomic E-state index is 14.9. The molecule has 0 bridgehead atoms. The van der Waals surface area contributed by atoms with Gasteiger partial charge < -0.3 is 9.47 Å². The quantitative estimate of drug-likeness (QED) is 0.401. The third-order valence-electron chi connectivity index (χ3n) is 8.08. The Morgan fingerprint density at radius 3 is 2.12 bits per heavy atom. The van der Waals surface area contributed by atoms with E-state index in [9.17, 15) is 13.2 Å². The molecule has 2 nitrogen and oxygen atoms in total. The minimum absolute atomic E-state index is 0.0560. The van der Waals surface area contributed by atoms with E-state index in [0.717, 1.165) is 62.5 Å². The molecule has 0 amide bonds. The van der Waals surface area contributed by atoms with Gasteiger partial charge in [0.25, 0.3) is 0 Å². The lowest BCUT2D eigenvalue weighted by Crippen LogP contribution is -2.20. The molecule has 2 saturated carbocycles. The first-order valence-electron chi connectivity index (χ1n) is 12.6. The summed E-state index contributed by atoms with van der Waals surface area (Å²) in [5.41, 5.74) is 2.50. The minimum atomic E-state index is -0.752. The molecule has 0 aromatic heterocycles. The molecule has 0 radical (unpaired) electrons. The first-order chi connectivity index (χ1) is 16.5. The number of epoxide rings is 1. The fourth-order valence-electron chi connectivity index (χ4n) is 5.81. The predicted octanol–water partition coefficient (Wildman–Crippen LogP) is 7.84. The Hall–Kier alpha value is -2.11. The maximum Gasteiger partial charge on any atom is 0.166 e. The second kappa shape index (κ2) is 10.2. The zero-order chi connectivity index (χ0) is 23.7. The number of methoxy groups -OCH3 is 1. The lowest BCUT2D eigenvalue weighted by molar-refractivity contribution is 0.0655. The van der Waals surface area contributed by atoms with Crippen molar-refractivity contribution >= 4 is 6.08 Å². The summed E-state index contributed by atoms with van der Waals surface area (Å²) in [7, 11) is 1.71. The largest absolute Gasteiger partial charge is 0.381 e. The second-order valence-electron chi connectivity index (χ2n) is 10.2. The van der Waals surface area contributed by atoms with Crippen molar-refractivity contribution in [2.24, 2.45) is 5.92 Å². The molecule has 1 saturated heterocycles. The Morgan fingerprint density at radius 2 is 1.47 bits per heavy atom. The van der Waals surface area contributed by atoms with Crippen LogP contribution in [-0.2, 0) is 9.47 Å². The maximum absolute atomic E-state index is 14.9. The van der Waals surface area contributed by atoms with Crippen molar-refractivity contribution < 1.29 is 22.6 Å². The van der Waals surface area contributed by atoms with Crippen LogP contribution in [0.1, 0.15) is 91.6 Å². The molecule has 1 heterocycles. The molecule has 1 aliphatic heterocycles. The van der Waals surface area contributed by atoms with Crippen molar-refractivity contribution in [3.8, 4) is 0 Å². The van der Waals surface area contributed by atoms with E-state index in [4.69, 9.17) is 9.47 Å². The van der Waals surface area contributed by atoms with Crippen LogP contribution in [0.25, 0.3) is 6.08 Å². The molecule has 1 unspecified atom stereocenters. The van der Waals surface area contributed by atoms with Crippen LogP contribution >= 0.6 is 0 Å². The Bertz CT molecular complexity index is 1030. The highest BCUT2D eigenvalue weighted by Crippen LogP contribution is 2.40. The van der Waals surface area contributed by atoms with E-state index in [0.29, 0.717) is 23.7 Å². The highest BCUT2D eigenvalue weighted by atomic mass is 19.2. The van der Waals surface area contributed by atoms with Crippen molar-refractivity contribution in [1.82, 2.24) is 0 Å². The Kier molecular flexibility index (Phi) is 7.12. The van der Waals surface area contributed by atoms with Gasteiger partial charge in [-0.1, -0.05) is 36.4 Å². The fraction of sp³-hybridized carbons (Fsp3) is 0.517. The summed E-state index contributed by atoms with van der Waals surface area (Å²) < 4.78 is 55.0. The van der Waals surface area contributed by atoms with Crippen LogP contribution in [0, 0.1) is 23.4 Å². The Morgan fingerprint density at radius 1 is 0.824 bits per heavy atom. The monoisotopic (exact) mass is 470 g/mol. The van der Waals surface area contributed by atoms with Gasteiger partial charge in [-0.3, -0.25) is 0 Å². The third kappa shape index (κ3) is 5.11. The molecule has 5 rings (SSSR count). The molecule has 34 heavy (non-hydrogen) atoms. The van der Waals surface area contributed by atoms with Crippen LogP contribution in [0.15, 0.2) is 36.4 Å². The zero-order valence-electron chi connectivity index (χ0n) is 19.7. The van der Waals surface area contributed by atoms with Gasteiger partial charge in [-0.25, -0.2) is 13.2 Å². The van der Waals surface area contributed by atoms with Crippen molar-refractivity contribution in [2.45, 2.75) is 75.4 Å². The number of rotatable bonds is 6. The first-order valence-corrected chi connectivity index (χ1v) is 12.6. The van der Waals surface area contributed by atoms with Gasteiger partial charge in [0.05, 0.1) is 12.7 Å². The van der Waals surface area contributed by atoms with E-state index < -0.39 is 11.6 Å². The van der Waals surface area contributed by atoms with E-state index in [1.807, 2.05) is 18.2 Å². The van der Waals surface area contributed by atoms with E-state index in [-0.39, 0.29) is 29.9 Å². The topological polar surface area (TPSA) is 21.8 Å². The van der Waals surface area contributed by atoms with Gasteiger partial charge in [-0.05, 0) is 91.9 Å². The second-order valence-corrected chi connectivity index (χ2v) is 10.2. The highest BCUT2D eigenvalue weighted by Gasteiger charge is 2.28. The van der Waals surface area contributed by atoms with E-state index >= 15 is 0 Å². The number of hydrogen-bond acceptors (Lipinski definition) is 2. The molecule has 5 heteroatoms. The van der Waals surface area contributed by atoms with Gasteiger partial charge in [0.2, 0.25) is 0 Å². The Balaban J connectivity index is 1.19. The number of ether oxygens (including phenoxy) is 2. The smallest absolute Gasteiger partial charge is 0.166 e. The number of hydrogen-bond donors (Lipinski definition) is 0. The summed E-state index contributed by atoms with van der Waals surface area (Å²) in [6.45, 7) is 0.679. The van der Waals surface area contributed by atoms with E-state index in [1.54, 1.807) is 31.4 Å². The standard InChI is InChI=1S/C29H33F3O2/c1-33-23-12-8-20(9-13-23)25-15-10-21(28(31)29(25)32)7-4-18-2-5-19(6-3-18)24-14-11-22(16-26(24)30)27-17-34-27/h4,7,10-11,14-16,18-20,23,27H,2-3,5-6,8-9,12-13,17H2,1H3/b7-4+. The average molecular weight is 471 g/mol. The summed E-state index contributed by atoms with van der Waals surface area (Å²) in [6, 6.07) is 8.97. The summed E-state index contributed by atoms with van der Waals surface area (Å²) in [4.78, 5) is 0. The molecule has 3 fully saturated rings. The summed E-state index contributed by atoms with van der Waals surface area (Å²) in [5.74, 6) is -1.04. The minimum Gasteiger partial charge on any atom is -0.381 e. The molecule has 1 atom stereocenters. The molecule has 182 valence electrons. The predicted molar refractivity (Wildman–Crippen MR) is 127 cm³/mol. The highest BCUT2D eigenvalue weighted by molar-refractivity contribution is 5.52. The zero-order valence-corrected chi connectivity index (χ0v) is 19.7.